The van der Waals surface area contributed by atoms with Crippen molar-refractivity contribution >= 4 is 11.6 Å². The molecule has 0 radical (unpaired) electrons. The fourth-order valence-corrected chi connectivity index (χ4v) is 4.22. The molecule has 7 nitrogen and oxygen atoms in total. The molecule has 1 aliphatic rings. The molecule has 0 saturated carbocycles. The minimum absolute atomic E-state index is 0.0220. The first-order valence-corrected chi connectivity index (χ1v) is 11.3. The summed E-state index contributed by atoms with van der Waals surface area (Å²) in [6, 6.07) is 17.6. The number of aromatic amines is 1. The third kappa shape index (κ3) is 4.96. The van der Waals surface area contributed by atoms with Crippen LogP contribution in [0.4, 0.5) is 10.1 Å². The van der Waals surface area contributed by atoms with Crippen LogP contribution in [0.2, 0.25) is 0 Å². The van der Waals surface area contributed by atoms with Crippen LogP contribution >= 0.6 is 0 Å². The van der Waals surface area contributed by atoms with E-state index in [0.717, 1.165) is 29.7 Å². The smallest absolute Gasteiger partial charge is 0.254 e. The molecule has 1 saturated heterocycles. The topological polar surface area (TPSA) is 86.8 Å². The van der Waals surface area contributed by atoms with Gasteiger partial charge in [-0.05, 0) is 66.4 Å². The van der Waals surface area contributed by atoms with Crippen LogP contribution in [0.25, 0.3) is 0 Å². The number of carbonyl (C=O) groups excluding carboxylic acids is 1. The summed E-state index contributed by atoms with van der Waals surface area (Å²) in [4.78, 5) is 23.9. The van der Waals surface area contributed by atoms with Crippen molar-refractivity contribution in [1.29, 1.82) is 0 Å². The van der Waals surface area contributed by atoms with Gasteiger partial charge in [0.2, 0.25) is 0 Å². The lowest BCUT2D eigenvalue weighted by Gasteiger charge is -2.22. The van der Waals surface area contributed by atoms with Crippen molar-refractivity contribution in [3.05, 3.63) is 107 Å². The Morgan fingerprint density at radius 2 is 1.91 bits per heavy atom. The van der Waals surface area contributed by atoms with Crippen LogP contribution in [0.5, 0.6) is 0 Å². The summed E-state index contributed by atoms with van der Waals surface area (Å²) in [7, 11) is 0. The molecule has 0 spiro atoms. The first kappa shape index (κ1) is 21.8. The Morgan fingerprint density at radius 3 is 2.68 bits per heavy atom. The van der Waals surface area contributed by atoms with E-state index in [4.69, 9.17) is 0 Å². The number of likely N-dealkylation sites (tertiary alicyclic amines) is 1. The molecule has 1 fully saturated rings. The molecule has 1 aliphatic heterocycles. The van der Waals surface area contributed by atoms with Crippen LogP contribution in [0, 0.1) is 5.82 Å². The van der Waals surface area contributed by atoms with E-state index in [1.165, 1.54) is 12.1 Å². The normalized spacial score (nSPS) is 15.4. The van der Waals surface area contributed by atoms with Crippen LogP contribution in [0.1, 0.15) is 52.0 Å². The molecule has 0 aliphatic carbocycles. The lowest BCUT2D eigenvalue weighted by molar-refractivity contribution is 0.0730. The highest BCUT2D eigenvalue weighted by molar-refractivity contribution is 5.95. The molecule has 2 aromatic heterocycles. The van der Waals surface area contributed by atoms with Crippen LogP contribution in [0.3, 0.4) is 0 Å². The molecule has 1 atom stereocenters. The molecule has 2 aromatic carbocycles. The first-order valence-electron chi connectivity index (χ1n) is 11.3. The lowest BCUT2D eigenvalue weighted by Crippen LogP contribution is -2.31. The second-order valence-electron chi connectivity index (χ2n) is 8.39. The number of nitrogens with zero attached hydrogens (tertiary/aromatic N) is 4. The fraction of sp³-hybridized carbons (Fsp3) is 0.231. The Balaban J connectivity index is 1.23. The standard InChI is InChI=1S/C26H25FN6O/c27-21-9-5-18(6-10-21)15-24-30-25(32-31-24)23-4-2-14-33(23)26(34)20-7-11-22(12-8-20)29-17-19-3-1-13-28-16-19/h1,3,5-13,16,23,29H,2,4,14-15,17H2,(H,30,31,32)/t23-/m0/s1. The van der Waals surface area contributed by atoms with Gasteiger partial charge >= 0.3 is 0 Å². The largest absolute Gasteiger partial charge is 0.381 e. The van der Waals surface area contributed by atoms with Gasteiger partial charge < -0.3 is 10.2 Å². The maximum absolute atomic E-state index is 13.2. The number of aromatic nitrogens is 4. The van der Waals surface area contributed by atoms with Crippen LogP contribution < -0.4 is 5.32 Å². The Hall–Kier alpha value is -4.07. The van der Waals surface area contributed by atoms with Gasteiger partial charge in [0, 0.05) is 43.2 Å². The quantitative estimate of drug-likeness (QED) is 0.427. The van der Waals surface area contributed by atoms with Crippen molar-refractivity contribution < 1.29 is 9.18 Å². The zero-order valence-corrected chi connectivity index (χ0v) is 18.6. The van der Waals surface area contributed by atoms with Gasteiger partial charge in [-0.15, -0.1) is 0 Å². The third-order valence-corrected chi connectivity index (χ3v) is 6.00. The highest BCUT2D eigenvalue weighted by Crippen LogP contribution is 2.31. The Labute approximate surface area is 197 Å². The molecule has 34 heavy (non-hydrogen) atoms. The van der Waals surface area contributed by atoms with Crippen molar-refractivity contribution in [1.82, 2.24) is 25.1 Å². The van der Waals surface area contributed by atoms with E-state index in [0.29, 0.717) is 36.7 Å². The van der Waals surface area contributed by atoms with Crippen molar-refractivity contribution in [2.75, 3.05) is 11.9 Å². The van der Waals surface area contributed by atoms with Gasteiger partial charge in [0.05, 0.1) is 6.04 Å². The van der Waals surface area contributed by atoms with E-state index in [1.807, 2.05) is 47.5 Å². The van der Waals surface area contributed by atoms with Gasteiger partial charge in [0.25, 0.3) is 5.91 Å². The third-order valence-electron chi connectivity index (χ3n) is 6.00. The predicted molar refractivity (Wildman–Crippen MR) is 127 cm³/mol. The molecule has 3 heterocycles. The van der Waals surface area contributed by atoms with Crippen molar-refractivity contribution in [3.63, 3.8) is 0 Å². The van der Waals surface area contributed by atoms with E-state index >= 15 is 0 Å². The van der Waals surface area contributed by atoms with Crippen molar-refractivity contribution in [2.45, 2.75) is 31.8 Å². The fourth-order valence-electron chi connectivity index (χ4n) is 4.22. The van der Waals surface area contributed by atoms with Gasteiger partial charge in [0.1, 0.15) is 11.6 Å². The molecular formula is C26H25FN6O. The van der Waals surface area contributed by atoms with Crippen molar-refractivity contribution in [2.24, 2.45) is 0 Å². The monoisotopic (exact) mass is 456 g/mol. The number of pyridine rings is 1. The number of halogens is 1. The van der Waals surface area contributed by atoms with E-state index in [2.05, 4.69) is 25.5 Å². The number of benzene rings is 2. The molecule has 0 unspecified atom stereocenters. The first-order chi connectivity index (χ1) is 16.7. The zero-order chi connectivity index (χ0) is 23.3. The van der Waals surface area contributed by atoms with Gasteiger partial charge in [-0.2, -0.15) is 5.10 Å². The minimum atomic E-state index is -0.264. The number of hydrogen-bond acceptors (Lipinski definition) is 5. The van der Waals surface area contributed by atoms with Gasteiger partial charge in [-0.25, -0.2) is 9.37 Å². The van der Waals surface area contributed by atoms with Gasteiger partial charge in [0.15, 0.2) is 5.82 Å². The molecule has 5 rings (SSSR count). The van der Waals surface area contributed by atoms with Crippen molar-refractivity contribution in [3.8, 4) is 0 Å². The molecule has 0 bridgehead atoms. The number of amides is 1. The van der Waals surface area contributed by atoms with Gasteiger partial charge in [-0.3, -0.25) is 14.9 Å². The number of H-pyrrole nitrogens is 1. The van der Waals surface area contributed by atoms with Gasteiger partial charge in [-0.1, -0.05) is 18.2 Å². The number of rotatable bonds is 7. The molecule has 1 amide bonds. The number of hydrogen-bond donors (Lipinski definition) is 2. The summed E-state index contributed by atoms with van der Waals surface area (Å²) in [5.41, 5.74) is 3.62. The predicted octanol–water partition coefficient (Wildman–Crippen LogP) is 4.52. The maximum atomic E-state index is 13.2. The average molecular weight is 457 g/mol. The van der Waals surface area contributed by atoms with E-state index in [1.54, 1.807) is 18.3 Å². The highest BCUT2D eigenvalue weighted by Gasteiger charge is 2.33. The minimum Gasteiger partial charge on any atom is -0.381 e. The van der Waals surface area contributed by atoms with Crippen LogP contribution in [-0.4, -0.2) is 37.5 Å². The molecular weight excluding hydrogens is 431 g/mol. The van der Waals surface area contributed by atoms with Crippen LogP contribution in [-0.2, 0) is 13.0 Å². The second kappa shape index (κ2) is 9.82. The number of carbonyl (C=O) groups is 1. The molecule has 8 heteroatoms. The maximum Gasteiger partial charge on any atom is 0.254 e. The number of nitrogens with one attached hydrogen (secondary N) is 2. The van der Waals surface area contributed by atoms with E-state index in [9.17, 15) is 9.18 Å². The highest BCUT2D eigenvalue weighted by atomic mass is 19.1. The average Bonchev–Trinajstić information content (AvgIpc) is 3.54. The summed E-state index contributed by atoms with van der Waals surface area (Å²) in [5, 5.41) is 10.7. The Kier molecular flexibility index (Phi) is 6.29. The zero-order valence-electron chi connectivity index (χ0n) is 18.6. The molecule has 4 aromatic rings. The molecule has 172 valence electrons. The Morgan fingerprint density at radius 1 is 1.09 bits per heavy atom. The van der Waals surface area contributed by atoms with E-state index in [-0.39, 0.29) is 17.8 Å². The van der Waals surface area contributed by atoms with Crippen LogP contribution in [0.15, 0.2) is 73.1 Å². The summed E-state index contributed by atoms with van der Waals surface area (Å²) in [6.07, 6.45) is 5.84. The van der Waals surface area contributed by atoms with E-state index < -0.39 is 0 Å². The Bertz CT molecular complexity index is 1240. The summed E-state index contributed by atoms with van der Waals surface area (Å²) >= 11 is 0. The summed E-state index contributed by atoms with van der Waals surface area (Å²) in [6.45, 7) is 1.34. The SMILES string of the molecule is O=C(c1ccc(NCc2cccnc2)cc1)N1CCC[C@H]1c1n[nH]c(Cc2ccc(F)cc2)n1. The lowest BCUT2D eigenvalue weighted by atomic mass is 10.1. The second-order valence-corrected chi connectivity index (χ2v) is 8.39. The molecule has 2 N–H and O–H groups in total. The summed E-state index contributed by atoms with van der Waals surface area (Å²) < 4.78 is 13.1. The summed E-state index contributed by atoms with van der Waals surface area (Å²) in [5.74, 6) is 1.04. The number of anilines is 1.